The Morgan fingerprint density at radius 1 is 1.31 bits per heavy atom. The van der Waals surface area contributed by atoms with Crippen molar-refractivity contribution >= 4 is 17.2 Å². The maximum absolute atomic E-state index is 12.7. The molecular weight excluding hydrogens is 342 g/mol. The van der Waals surface area contributed by atoms with Gasteiger partial charge in [0.25, 0.3) is 5.91 Å². The highest BCUT2D eigenvalue weighted by molar-refractivity contribution is 7.10. The lowest BCUT2D eigenvalue weighted by atomic mass is 9.88. The van der Waals surface area contributed by atoms with Crippen LogP contribution in [0, 0.1) is 5.92 Å². The summed E-state index contributed by atoms with van der Waals surface area (Å²) < 4.78 is 1.90. The maximum atomic E-state index is 12.7. The van der Waals surface area contributed by atoms with Gasteiger partial charge in [0, 0.05) is 29.2 Å². The van der Waals surface area contributed by atoms with Crippen LogP contribution in [-0.2, 0) is 25.9 Å². The molecule has 0 spiro atoms. The largest absolute Gasteiger partial charge is 0.348 e. The lowest BCUT2D eigenvalue weighted by Crippen LogP contribution is -2.25. The average molecular weight is 366 g/mol. The van der Waals surface area contributed by atoms with E-state index in [4.69, 9.17) is 0 Å². The normalized spacial score (nSPS) is 16.3. The van der Waals surface area contributed by atoms with Crippen molar-refractivity contribution in [1.82, 2.24) is 15.1 Å². The number of carbonyl (C=O) groups is 1. The number of hydrogen-bond donors (Lipinski definition) is 1. The van der Waals surface area contributed by atoms with E-state index in [1.165, 1.54) is 22.4 Å². The van der Waals surface area contributed by atoms with E-state index in [-0.39, 0.29) is 5.91 Å². The van der Waals surface area contributed by atoms with E-state index in [0.717, 1.165) is 29.9 Å². The Morgan fingerprint density at radius 2 is 2.15 bits per heavy atom. The molecule has 1 amide bonds. The van der Waals surface area contributed by atoms with Crippen molar-refractivity contribution < 1.29 is 4.79 Å². The van der Waals surface area contributed by atoms with Crippen molar-refractivity contribution in [2.75, 3.05) is 0 Å². The molecule has 1 aliphatic carbocycles. The molecule has 2 aromatic heterocycles. The number of benzene rings is 1. The molecule has 1 unspecified atom stereocenters. The number of rotatable bonds is 5. The van der Waals surface area contributed by atoms with Gasteiger partial charge in [0.2, 0.25) is 0 Å². The summed E-state index contributed by atoms with van der Waals surface area (Å²) in [4.78, 5) is 14.1. The Balaban J connectivity index is 1.46. The molecule has 2 heterocycles. The van der Waals surface area contributed by atoms with Crippen LogP contribution in [0.25, 0.3) is 0 Å². The maximum Gasteiger partial charge on any atom is 0.252 e. The van der Waals surface area contributed by atoms with Gasteiger partial charge in [-0.05, 0) is 47.9 Å². The molecule has 4 nitrogen and oxygen atoms in total. The van der Waals surface area contributed by atoms with Gasteiger partial charge in [-0.25, -0.2) is 0 Å². The molecule has 5 heteroatoms. The van der Waals surface area contributed by atoms with Crippen LogP contribution in [0.15, 0.2) is 48.1 Å². The molecule has 0 bridgehead atoms. The first-order valence-electron chi connectivity index (χ1n) is 9.12. The van der Waals surface area contributed by atoms with Crippen LogP contribution in [0.5, 0.6) is 0 Å². The average Bonchev–Trinajstić information content (AvgIpc) is 3.30. The van der Waals surface area contributed by atoms with Crippen molar-refractivity contribution in [2.45, 2.75) is 39.3 Å². The molecular formula is C21H23N3OS. The van der Waals surface area contributed by atoms with Crippen LogP contribution in [0.1, 0.15) is 45.3 Å². The van der Waals surface area contributed by atoms with Gasteiger partial charge >= 0.3 is 0 Å². The van der Waals surface area contributed by atoms with Gasteiger partial charge in [0.1, 0.15) is 0 Å². The van der Waals surface area contributed by atoms with Gasteiger partial charge in [-0.15, -0.1) is 11.3 Å². The zero-order valence-corrected chi connectivity index (χ0v) is 15.8. The van der Waals surface area contributed by atoms with Crippen molar-refractivity contribution in [3.63, 3.8) is 0 Å². The first-order valence-corrected chi connectivity index (χ1v) is 10.0. The fraction of sp³-hybridized carbons (Fsp3) is 0.333. The number of fused-ring (bicyclic) bond motifs is 1. The fourth-order valence-electron chi connectivity index (χ4n) is 3.59. The van der Waals surface area contributed by atoms with Crippen molar-refractivity contribution in [3.05, 3.63) is 75.2 Å². The minimum absolute atomic E-state index is 0.0472. The highest BCUT2D eigenvalue weighted by Gasteiger charge is 2.23. The molecule has 134 valence electrons. The summed E-state index contributed by atoms with van der Waals surface area (Å²) in [5.41, 5.74) is 4.46. The summed E-state index contributed by atoms with van der Waals surface area (Å²) in [5.74, 6) is 0.775. The minimum atomic E-state index is 0.0472. The predicted molar refractivity (Wildman–Crippen MR) is 104 cm³/mol. The predicted octanol–water partition coefficient (Wildman–Crippen LogP) is 4.05. The van der Waals surface area contributed by atoms with Gasteiger partial charge in [-0.2, -0.15) is 5.10 Å². The van der Waals surface area contributed by atoms with E-state index in [2.05, 4.69) is 29.5 Å². The number of carbonyl (C=O) groups excluding carboxylic acids is 1. The zero-order valence-electron chi connectivity index (χ0n) is 14.9. The zero-order chi connectivity index (χ0) is 17.9. The number of hydrogen-bond acceptors (Lipinski definition) is 3. The van der Waals surface area contributed by atoms with E-state index < -0.39 is 0 Å². The summed E-state index contributed by atoms with van der Waals surface area (Å²) in [5, 5.41) is 9.43. The van der Waals surface area contributed by atoms with Crippen molar-refractivity contribution in [2.24, 2.45) is 5.92 Å². The third kappa shape index (κ3) is 3.58. The quantitative estimate of drug-likeness (QED) is 0.741. The summed E-state index contributed by atoms with van der Waals surface area (Å²) >= 11 is 1.74. The first-order chi connectivity index (χ1) is 12.7. The summed E-state index contributed by atoms with van der Waals surface area (Å²) in [7, 11) is 0. The smallest absolute Gasteiger partial charge is 0.252 e. The SMILES string of the molecule is CC1CCc2c(C(=O)NCc3ccccc3Cn3cccn3)csc2C1. The fourth-order valence-corrected chi connectivity index (χ4v) is 4.84. The monoisotopic (exact) mass is 365 g/mol. The van der Waals surface area contributed by atoms with E-state index in [9.17, 15) is 4.79 Å². The van der Waals surface area contributed by atoms with Crippen molar-refractivity contribution in [1.29, 1.82) is 0 Å². The highest BCUT2D eigenvalue weighted by atomic mass is 32.1. The van der Waals surface area contributed by atoms with Gasteiger partial charge in [-0.1, -0.05) is 31.2 Å². The van der Waals surface area contributed by atoms with E-state index in [1.54, 1.807) is 17.5 Å². The second kappa shape index (κ2) is 7.46. The van der Waals surface area contributed by atoms with Gasteiger partial charge in [0.05, 0.1) is 12.1 Å². The van der Waals surface area contributed by atoms with Crippen molar-refractivity contribution in [3.8, 4) is 0 Å². The Labute approximate surface area is 157 Å². The minimum Gasteiger partial charge on any atom is -0.348 e. The molecule has 4 rings (SSSR count). The lowest BCUT2D eigenvalue weighted by Gasteiger charge is -2.19. The molecule has 1 aliphatic rings. The molecule has 3 aromatic rings. The van der Waals surface area contributed by atoms with E-state index >= 15 is 0 Å². The number of nitrogens with one attached hydrogen (secondary N) is 1. The Bertz CT molecular complexity index is 898. The van der Waals surface area contributed by atoms with Gasteiger partial charge in [0.15, 0.2) is 0 Å². The Hall–Kier alpha value is -2.40. The third-order valence-electron chi connectivity index (χ3n) is 5.10. The Morgan fingerprint density at radius 3 is 2.96 bits per heavy atom. The van der Waals surface area contributed by atoms with Crippen LogP contribution < -0.4 is 5.32 Å². The lowest BCUT2D eigenvalue weighted by molar-refractivity contribution is 0.0950. The molecule has 0 saturated heterocycles. The molecule has 1 atom stereocenters. The first kappa shape index (κ1) is 17.0. The molecule has 1 aromatic carbocycles. The second-order valence-corrected chi connectivity index (χ2v) is 8.02. The molecule has 0 aliphatic heterocycles. The summed E-state index contributed by atoms with van der Waals surface area (Å²) in [6, 6.07) is 10.1. The molecule has 0 fully saturated rings. The number of thiophene rings is 1. The van der Waals surface area contributed by atoms with Gasteiger partial charge in [-0.3, -0.25) is 9.48 Å². The van der Waals surface area contributed by atoms with Crippen LogP contribution in [0.2, 0.25) is 0 Å². The summed E-state index contributed by atoms with van der Waals surface area (Å²) in [6.07, 6.45) is 7.05. The standard InChI is InChI=1S/C21H23N3OS/c1-15-7-8-18-19(14-26-20(18)11-15)21(25)22-12-16-5-2-3-6-17(16)13-24-10-4-9-23-24/h2-6,9-10,14-15H,7-8,11-13H2,1H3,(H,22,25). The molecule has 0 radical (unpaired) electrons. The van der Waals surface area contributed by atoms with E-state index in [1.807, 2.05) is 34.5 Å². The third-order valence-corrected chi connectivity index (χ3v) is 6.15. The highest BCUT2D eigenvalue weighted by Crippen LogP contribution is 2.32. The topological polar surface area (TPSA) is 46.9 Å². The van der Waals surface area contributed by atoms with Crippen LogP contribution >= 0.6 is 11.3 Å². The van der Waals surface area contributed by atoms with Crippen LogP contribution in [0.3, 0.4) is 0 Å². The molecule has 0 saturated carbocycles. The number of nitrogens with zero attached hydrogens (tertiary/aromatic N) is 2. The number of amides is 1. The molecule has 26 heavy (non-hydrogen) atoms. The van der Waals surface area contributed by atoms with E-state index in [0.29, 0.717) is 13.1 Å². The second-order valence-electron chi connectivity index (χ2n) is 7.05. The Kier molecular flexibility index (Phi) is 4.89. The molecule has 1 N–H and O–H groups in total. The van der Waals surface area contributed by atoms with Gasteiger partial charge < -0.3 is 5.32 Å². The number of aromatic nitrogens is 2. The summed E-state index contributed by atoms with van der Waals surface area (Å²) in [6.45, 7) is 3.54. The van der Waals surface area contributed by atoms with Crippen LogP contribution in [0.4, 0.5) is 0 Å². The van der Waals surface area contributed by atoms with Crippen LogP contribution in [-0.4, -0.2) is 15.7 Å².